The molecule has 0 fully saturated rings. The summed E-state index contributed by atoms with van der Waals surface area (Å²) >= 11 is 6.11. The minimum absolute atomic E-state index is 0.0291. The number of carbonyl (C=O) groups is 2. The lowest BCUT2D eigenvalue weighted by Crippen LogP contribution is -2.42. The minimum atomic E-state index is -0.621. The van der Waals surface area contributed by atoms with E-state index < -0.39 is 22.8 Å². The van der Waals surface area contributed by atoms with E-state index in [0.717, 1.165) is 11.1 Å². The van der Waals surface area contributed by atoms with Crippen molar-refractivity contribution in [2.24, 2.45) is 0 Å². The van der Waals surface area contributed by atoms with Gasteiger partial charge in [-0.2, -0.15) is 0 Å². The van der Waals surface area contributed by atoms with Gasteiger partial charge >= 0.3 is 5.97 Å². The van der Waals surface area contributed by atoms with E-state index in [2.05, 4.69) is 0 Å². The molecule has 1 heterocycles. The third kappa shape index (κ3) is 5.91. The smallest absolute Gasteiger partial charge is 0.338 e. The van der Waals surface area contributed by atoms with Crippen LogP contribution in [-0.4, -0.2) is 55.7 Å². The van der Waals surface area contributed by atoms with Gasteiger partial charge in [0.15, 0.2) is 11.5 Å². The lowest BCUT2D eigenvalue weighted by Gasteiger charge is -2.37. The lowest BCUT2D eigenvalue weighted by atomic mass is 9.91. The average molecular weight is 555 g/mol. The molecule has 4 rings (SSSR count). The molecule has 39 heavy (non-hydrogen) atoms. The van der Waals surface area contributed by atoms with Gasteiger partial charge in [0.25, 0.3) is 11.6 Å². The Morgan fingerprint density at radius 3 is 2.38 bits per heavy atom. The van der Waals surface area contributed by atoms with Crippen LogP contribution < -0.4 is 14.2 Å². The molecule has 0 radical (unpaired) electrons. The van der Waals surface area contributed by atoms with Crippen LogP contribution in [0.3, 0.4) is 0 Å². The molecule has 1 aliphatic rings. The van der Waals surface area contributed by atoms with Crippen molar-refractivity contribution in [1.29, 1.82) is 0 Å². The highest BCUT2D eigenvalue weighted by molar-refractivity contribution is 6.31. The fraction of sp³-hybridized carbons (Fsp3) is 0.286. The first-order valence-electron chi connectivity index (χ1n) is 12.2. The van der Waals surface area contributed by atoms with Crippen LogP contribution in [0.25, 0.3) is 0 Å². The van der Waals surface area contributed by atoms with Crippen LogP contribution in [0, 0.1) is 10.1 Å². The average Bonchev–Trinajstić information content (AvgIpc) is 2.94. The maximum Gasteiger partial charge on any atom is 0.338 e. The maximum atomic E-state index is 13.8. The number of benzene rings is 3. The first kappa shape index (κ1) is 27.7. The Balaban J connectivity index is 1.70. The molecule has 0 aromatic heterocycles. The molecule has 1 atom stereocenters. The number of ether oxygens (including phenoxy) is 4. The molecule has 0 saturated carbocycles. The number of amides is 1. The molecule has 3 aromatic carbocycles. The molecule has 0 saturated heterocycles. The van der Waals surface area contributed by atoms with E-state index in [0.29, 0.717) is 29.2 Å². The zero-order valence-electron chi connectivity index (χ0n) is 21.6. The summed E-state index contributed by atoms with van der Waals surface area (Å²) in [6.07, 6.45) is 0.487. The topological polar surface area (TPSA) is 117 Å². The SMILES string of the molecule is CCOC(=O)c1ccc(OC[C@@H]2c3cc(OC)c(OC)cc3CCN2C(=O)c2cc(Cl)ccc2[N+](=O)[O-])cc1. The Hall–Kier alpha value is -4.31. The van der Waals surface area contributed by atoms with Gasteiger partial charge in [0, 0.05) is 17.6 Å². The number of nitrogens with zero attached hydrogens (tertiary/aromatic N) is 2. The number of rotatable bonds is 9. The molecule has 0 spiro atoms. The van der Waals surface area contributed by atoms with Crippen LogP contribution in [0.2, 0.25) is 5.02 Å². The molecule has 1 amide bonds. The number of fused-ring (bicyclic) bond motifs is 1. The van der Waals surface area contributed by atoms with Gasteiger partial charge in [-0.05, 0) is 73.0 Å². The maximum absolute atomic E-state index is 13.8. The summed E-state index contributed by atoms with van der Waals surface area (Å²) in [6, 6.07) is 13.4. The van der Waals surface area contributed by atoms with Gasteiger partial charge < -0.3 is 23.8 Å². The Morgan fingerprint density at radius 1 is 1.05 bits per heavy atom. The molecule has 204 valence electrons. The Kier molecular flexibility index (Phi) is 8.55. The van der Waals surface area contributed by atoms with Crippen LogP contribution in [0.15, 0.2) is 54.6 Å². The molecule has 0 bridgehead atoms. The standard InChI is InChI=1S/C28H27ClN2O8/c1-4-38-28(33)17-5-8-20(9-6-17)39-16-24-21-15-26(37-3)25(36-2)13-18(21)11-12-30(24)27(32)22-14-19(29)7-10-23(22)31(34)35/h5-10,13-15,24H,4,11-12,16H2,1-3H3/t24-/m1/s1. The van der Waals surface area contributed by atoms with Gasteiger partial charge in [0.1, 0.15) is 17.9 Å². The third-order valence-electron chi connectivity index (χ3n) is 6.42. The van der Waals surface area contributed by atoms with Crippen LogP contribution >= 0.6 is 11.6 Å². The Labute approximate surface area is 230 Å². The molecule has 11 heteroatoms. The van der Waals surface area contributed by atoms with E-state index in [-0.39, 0.29) is 36.0 Å². The number of nitro groups is 1. The molecule has 0 unspecified atom stereocenters. The van der Waals surface area contributed by atoms with E-state index in [9.17, 15) is 19.7 Å². The number of hydrogen-bond donors (Lipinski definition) is 0. The van der Waals surface area contributed by atoms with E-state index >= 15 is 0 Å². The van der Waals surface area contributed by atoms with Crippen molar-refractivity contribution in [2.45, 2.75) is 19.4 Å². The summed E-state index contributed by atoms with van der Waals surface area (Å²) in [6.45, 7) is 2.30. The van der Waals surface area contributed by atoms with Crippen molar-refractivity contribution in [3.63, 3.8) is 0 Å². The highest BCUT2D eigenvalue weighted by Crippen LogP contribution is 2.39. The second-order valence-electron chi connectivity index (χ2n) is 8.64. The summed E-state index contributed by atoms with van der Waals surface area (Å²) in [4.78, 5) is 38.4. The predicted octanol–water partition coefficient (Wildman–Crippen LogP) is 5.26. The zero-order chi connectivity index (χ0) is 28.1. The van der Waals surface area contributed by atoms with E-state index in [1.165, 1.54) is 25.3 Å². The van der Waals surface area contributed by atoms with Gasteiger partial charge in [-0.3, -0.25) is 14.9 Å². The Bertz CT molecular complexity index is 1390. The fourth-order valence-electron chi connectivity index (χ4n) is 4.52. The fourth-order valence-corrected chi connectivity index (χ4v) is 4.69. The van der Waals surface area contributed by atoms with E-state index in [1.54, 1.807) is 49.3 Å². The number of nitro benzene ring substituents is 1. The number of hydrogen-bond acceptors (Lipinski definition) is 8. The van der Waals surface area contributed by atoms with Gasteiger partial charge in [0.05, 0.1) is 37.4 Å². The normalized spacial score (nSPS) is 14.3. The summed E-state index contributed by atoms with van der Waals surface area (Å²) in [7, 11) is 3.06. The van der Waals surface area contributed by atoms with Crippen molar-refractivity contribution in [3.05, 3.63) is 92.0 Å². The van der Waals surface area contributed by atoms with Gasteiger partial charge in [-0.1, -0.05) is 11.6 Å². The van der Waals surface area contributed by atoms with Gasteiger partial charge in [0.2, 0.25) is 0 Å². The highest BCUT2D eigenvalue weighted by atomic mass is 35.5. The summed E-state index contributed by atoms with van der Waals surface area (Å²) in [5.74, 6) is 0.512. The number of methoxy groups -OCH3 is 2. The summed E-state index contributed by atoms with van der Waals surface area (Å²) < 4.78 is 22.0. The van der Waals surface area contributed by atoms with Crippen LogP contribution in [0.1, 0.15) is 44.8 Å². The van der Waals surface area contributed by atoms with Crippen molar-refractivity contribution < 1.29 is 33.5 Å². The monoisotopic (exact) mass is 554 g/mol. The molecule has 10 nitrogen and oxygen atoms in total. The molecule has 0 N–H and O–H groups in total. The Morgan fingerprint density at radius 2 is 1.74 bits per heavy atom. The van der Waals surface area contributed by atoms with Gasteiger partial charge in [-0.15, -0.1) is 0 Å². The number of esters is 1. The number of carbonyl (C=O) groups excluding carboxylic acids is 2. The molecular formula is C28H27ClN2O8. The highest BCUT2D eigenvalue weighted by Gasteiger charge is 2.36. The van der Waals surface area contributed by atoms with Crippen molar-refractivity contribution in [1.82, 2.24) is 4.90 Å². The molecule has 1 aliphatic heterocycles. The first-order chi connectivity index (χ1) is 18.8. The van der Waals surface area contributed by atoms with E-state index in [4.69, 9.17) is 30.5 Å². The summed E-state index contributed by atoms with van der Waals surface area (Å²) in [5, 5.41) is 11.9. The van der Waals surface area contributed by atoms with Gasteiger partial charge in [-0.25, -0.2) is 4.79 Å². The van der Waals surface area contributed by atoms with Crippen molar-refractivity contribution >= 4 is 29.2 Å². The first-order valence-corrected chi connectivity index (χ1v) is 12.5. The zero-order valence-corrected chi connectivity index (χ0v) is 22.4. The summed E-state index contributed by atoms with van der Waals surface area (Å²) in [5.41, 5.74) is 1.63. The van der Waals surface area contributed by atoms with Crippen LogP contribution in [0.5, 0.6) is 17.2 Å². The predicted molar refractivity (Wildman–Crippen MR) is 143 cm³/mol. The second-order valence-corrected chi connectivity index (χ2v) is 9.08. The molecule has 0 aliphatic carbocycles. The quantitative estimate of drug-likeness (QED) is 0.200. The minimum Gasteiger partial charge on any atom is -0.493 e. The van der Waals surface area contributed by atoms with E-state index in [1.807, 2.05) is 6.07 Å². The van der Waals surface area contributed by atoms with Crippen LogP contribution in [-0.2, 0) is 11.2 Å². The van der Waals surface area contributed by atoms with Crippen molar-refractivity contribution in [3.8, 4) is 17.2 Å². The third-order valence-corrected chi connectivity index (χ3v) is 6.66. The largest absolute Gasteiger partial charge is 0.493 e. The van der Waals surface area contributed by atoms with Crippen LogP contribution in [0.4, 0.5) is 5.69 Å². The molecule has 3 aromatic rings. The second kappa shape index (κ2) is 12.0. The van der Waals surface area contributed by atoms with Crippen molar-refractivity contribution in [2.75, 3.05) is 34.0 Å². The number of halogens is 1. The molecular weight excluding hydrogens is 528 g/mol. The lowest BCUT2D eigenvalue weighted by molar-refractivity contribution is -0.385.